The maximum Gasteiger partial charge on any atom is 0.290 e. The van der Waals surface area contributed by atoms with E-state index in [-0.39, 0.29) is 6.47 Å². The molecule has 0 aromatic carbocycles. The summed E-state index contributed by atoms with van der Waals surface area (Å²) in [5.74, 6) is 3.02. The fourth-order valence-electron chi connectivity index (χ4n) is 2.79. The highest BCUT2D eigenvalue weighted by Crippen LogP contribution is 2.34. The molecule has 1 aromatic rings. The van der Waals surface area contributed by atoms with E-state index in [9.17, 15) is 0 Å². The van der Waals surface area contributed by atoms with Gasteiger partial charge in [0, 0.05) is 26.5 Å². The third-order valence-electron chi connectivity index (χ3n) is 4.08. The second-order valence-corrected chi connectivity index (χ2v) is 6.42. The first kappa shape index (κ1) is 17.6. The molecule has 0 spiro atoms. The molecule has 0 radical (unpaired) electrons. The molecule has 0 saturated carbocycles. The number of aryl methyl sites for hydroxylation is 1. The molecule has 21 heavy (non-hydrogen) atoms. The molecular weight excluding hydrogens is 270 g/mol. The average Bonchev–Trinajstić information content (AvgIpc) is 2.65. The van der Waals surface area contributed by atoms with Crippen LogP contribution in [0, 0.1) is 11.3 Å². The lowest BCUT2D eigenvalue weighted by Crippen LogP contribution is -2.21. The van der Waals surface area contributed by atoms with Crippen molar-refractivity contribution in [2.24, 2.45) is 11.3 Å². The Morgan fingerprint density at radius 3 is 2.62 bits per heavy atom. The van der Waals surface area contributed by atoms with E-state index >= 15 is 0 Å². The molecule has 1 aliphatic heterocycles. The first-order valence-electron chi connectivity index (χ1n) is 7.41. The summed E-state index contributed by atoms with van der Waals surface area (Å²) in [6, 6.07) is 0. The van der Waals surface area contributed by atoms with Gasteiger partial charge >= 0.3 is 0 Å². The number of aromatic nitrogens is 3. The van der Waals surface area contributed by atoms with Crippen molar-refractivity contribution in [3.63, 3.8) is 0 Å². The van der Waals surface area contributed by atoms with Gasteiger partial charge in [0.2, 0.25) is 0 Å². The van der Waals surface area contributed by atoms with Crippen LogP contribution in [0.1, 0.15) is 45.3 Å². The van der Waals surface area contributed by atoms with Crippen LogP contribution in [-0.4, -0.2) is 40.1 Å². The Hall–Kier alpha value is -1.43. The van der Waals surface area contributed by atoms with Crippen molar-refractivity contribution in [1.29, 1.82) is 0 Å². The van der Waals surface area contributed by atoms with E-state index in [1.54, 1.807) is 7.11 Å². The fourth-order valence-corrected chi connectivity index (χ4v) is 2.79. The molecule has 0 saturated heterocycles. The van der Waals surface area contributed by atoms with Gasteiger partial charge in [-0.2, -0.15) is 0 Å². The van der Waals surface area contributed by atoms with Crippen LogP contribution in [-0.2, 0) is 28.9 Å². The average molecular weight is 297 g/mol. The highest BCUT2D eigenvalue weighted by atomic mass is 16.5. The maximum atomic E-state index is 8.36. The second-order valence-electron chi connectivity index (χ2n) is 6.42. The first-order valence-corrected chi connectivity index (χ1v) is 7.41. The van der Waals surface area contributed by atoms with E-state index in [1.807, 2.05) is 0 Å². The van der Waals surface area contributed by atoms with Crippen LogP contribution in [0.4, 0.5) is 0 Å². The third kappa shape index (κ3) is 5.12. The van der Waals surface area contributed by atoms with Crippen LogP contribution in [0.2, 0.25) is 0 Å². The standard InChI is InChI=1S/C14H25N3O.CH2O2/c1-14(2,3)11-5-6-12-15-16-13(8-10-18-4)17(12)9-7-11;2-1-3/h11H,5-10H2,1-4H3;1H,(H,2,3). The maximum absolute atomic E-state index is 8.36. The van der Waals surface area contributed by atoms with Gasteiger partial charge in [0.15, 0.2) is 0 Å². The number of hydrogen-bond acceptors (Lipinski definition) is 4. The van der Waals surface area contributed by atoms with E-state index in [0.29, 0.717) is 5.41 Å². The first-order chi connectivity index (χ1) is 9.93. The smallest absolute Gasteiger partial charge is 0.290 e. The summed E-state index contributed by atoms with van der Waals surface area (Å²) in [5, 5.41) is 15.5. The molecule has 0 amide bonds. The van der Waals surface area contributed by atoms with Crippen molar-refractivity contribution in [2.75, 3.05) is 13.7 Å². The van der Waals surface area contributed by atoms with E-state index in [0.717, 1.165) is 43.6 Å². The predicted molar refractivity (Wildman–Crippen MR) is 80.2 cm³/mol. The van der Waals surface area contributed by atoms with Crippen LogP contribution in [0.15, 0.2) is 0 Å². The van der Waals surface area contributed by atoms with Crippen LogP contribution >= 0.6 is 0 Å². The molecule has 6 heteroatoms. The molecule has 2 rings (SSSR count). The number of hydrogen-bond donors (Lipinski definition) is 1. The Balaban J connectivity index is 0.000000677. The normalized spacial score (nSPS) is 18.2. The summed E-state index contributed by atoms with van der Waals surface area (Å²) in [7, 11) is 1.73. The lowest BCUT2D eigenvalue weighted by Gasteiger charge is -2.29. The number of methoxy groups -OCH3 is 1. The Bertz CT molecular complexity index is 438. The molecule has 0 fully saturated rings. The summed E-state index contributed by atoms with van der Waals surface area (Å²) in [6.45, 7) is 8.56. The molecule has 6 nitrogen and oxygen atoms in total. The summed E-state index contributed by atoms with van der Waals surface area (Å²) >= 11 is 0. The van der Waals surface area contributed by atoms with E-state index in [1.165, 1.54) is 12.8 Å². The van der Waals surface area contributed by atoms with Crippen molar-refractivity contribution >= 4 is 6.47 Å². The predicted octanol–water partition coefficient (Wildman–Crippen LogP) is 2.17. The van der Waals surface area contributed by atoms with Crippen LogP contribution in [0.3, 0.4) is 0 Å². The van der Waals surface area contributed by atoms with Crippen molar-refractivity contribution in [3.05, 3.63) is 11.6 Å². The van der Waals surface area contributed by atoms with Gasteiger partial charge in [-0.25, -0.2) is 0 Å². The van der Waals surface area contributed by atoms with Gasteiger partial charge in [-0.1, -0.05) is 20.8 Å². The topological polar surface area (TPSA) is 77.2 Å². The van der Waals surface area contributed by atoms with Crippen LogP contribution < -0.4 is 0 Å². The molecule has 0 aliphatic carbocycles. The fraction of sp³-hybridized carbons (Fsp3) is 0.800. The summed E-state index contributed by atoms with van der Waals surface area (Å²) in [4.78, 5) is 8.36. The van der Waals surface area contributed by atoms with Gasteiger partial charge in [-0.3, -0.25) is 4.79 Å². The SMILES string of the molecule is COCCc1nnc2n1CCC(C(C)(C)C)CC2.O=CO. The zero-order chi connectivity index (χ0) is 15.9. The zero-order valence-corrected chi connectivity index (χ0v) is 13.5. The molecule has 1 unspecified atom stereocenters. The van der Waals surface area contributed by atoms with Crippen molar-refractivity contribution in [2.45, 2.75) is 53.0 Å². The van der Waals surface area contributed by atoms with Gasteiger partial charge in [0.25, 0.3) is 6.47 Å². The van der Waals surface area contributed by atoms with Gasteiger partial charge in [-0.05, 0) is 24.2 Å². The summed E-state index contributed by atoms with van der Waals surface area (Å²) < 4.78 is 7.44. The highest BCUT2D eigenvalue weighted by molar-refractivity contribution is 5.32. The second kappa shape index (κ2) is 8.12. The number of rotatable bonds is 3. The zero-order valence-electron chi connectivity index (χ0n) is 13.5. The molecular formula is C15H27N3O3. The van der Waals surface area contributed by atoms with E-state index in [2.05, 4.69) is 35.5 Å². The van der Waals surface area contributed by atoms with E-state index in [4.69, 9.17) is 14.6 Å². The number of nitrogens with zero attached hydrogens (tertiary/aromatic N) is 3. The van der Waals surface area contributed by atoms with E-state index < -0.39 is 0 Å². The van der Waals surface area contributed by atoms with Crippen molar-refractivity contribution in [1.82, 2.24) is 14.8 Å². The monoisotopic (exact) mass is 297 g/mol. The van der Waals surface area contributed by atoms with Crippen molar-refractivity contribution in [3.8, 4) is 0 Å². The lowest BCUT2D eigenvalue weighted by molar-refractivity contribution is -0.122. The summed E-state index contributed by atoms with van der Waals surface area (Å²) in [5.41, 5.74) is 0.393. The molecule has 2 heterocycles. The molecule has 1 N–H and O–H groups in total. The van der Waals surface area contributed by atoms with Gasteiger partial charge < -0.3 is 14.4 Å². The minimum Gasteiger partial charge on any atom is -0.483 e. The van der Waals surface area contributed by atoms with Gasteiger partial charge in [0.05, 0.1) is 6.61 Å². The van der Waals surface area contributed by atoms with Crippen LogP contribution in [0.5, 0.6) is 0 Å². The van der Waals surface area contributed by atoms with Crippen molar-refractivity contribution < 1.29 is 14.6 Å². The lowest BCUT2D eigenvalue weighted by atomic mass is 9.76. The number of carbonyl (C=O) groups is 1. The van der Waals surface area contributed by atoms with Gasteiger partial charge in [0.1, 0.15) is 11.6 Å². The third-order valence-corrected chi connectivity index (χ3v) is 4.08. The number of fused-ring (bicyclic) bond motifs is 1. The Labute approximate surface area is 126 Å². The number of carboxylic acid groups (broad SMARTS) is 1. The van der Waals surface area contributed by atoms with Crippen LogP contribution in [0.25, 0.3) is 0 Å². The highest BCUT2D eigenvalue weighted by Gasteiger charge is 2.28. The van der Waals surface area contributed by atoms with Gasteiger partial charge in [-0.15, -0.1) is 10.2 Å². The molecule has 120 valence electrons. The Morgan fingerprint density at radius 2 is 2.05 bits per heavy atom. The quantitative estimate of drug-likeness (QED) is 0.865. The minimum absolute atomic E-state index is 0.250. The molecule has 0 bridgehead atoms. The Morgan fingerprint density at radius 1 is 1.38 bits per heavy atom. The minimum atomic E-state index is -0.250. The molecule has 1 atom stereocenters. The Kier molecular flexibility index (Phi) is 6.81. The molecule has 1 aliphatic rings. The summed E-state index contributed by atoms with van der Waals surface area (Å²) in [6.07, 6.45) is 4.38. The largest absolute Gasteiger partial charge is 0.483 e. The molecule has 1 aromatic heterocycles. The number of ether oxygens (including phenoxy) is 1.